The first kappa shape index (κ1) is 21.2. The summed E-state index contributed by atoms with van der Waals surface area (Å²) < 4.78 is 2.03. The van der Waals surface area contributed by atoms with Crippen LogP contribution in [0.2, 0.25) is 0 Å². The molecule has 1 amide bonds. The Bertz CT molecular complexity index is 1150. The first-order chi connectivity index (χ1) is 15.2. The van der Waals surface area contributed by atoms with E-state index in [2.05, 4.69) is 56.7 Å². The van der Waals surface area contributed by atoms with E-state index in [0.717, 1.165) is 33.7 Å². The third-order valence-corrected chi connectivity index (χ3v) is 6.46. The molecular formula is C22H22N6OS2. The van der Waals surface area contributed by atoms with Gasteiger partial charge in [0, 0.05) is 35.6 Å². The molecule has 0 aliphatic heterocycles. The molecular weight excluding hydrogens is 428 g/mol. The number of carbonyl (C=O) groups excluding carboxylic acids is 1. The van der Waals surface area contributed by atoms with E-state index in [0.29, 0.717) is 18.0 Å². The summed E-state index contributed by atoms with van der Waals surface area (Å²) in [5, 5.41) is 15.2. The fourth-order valence-electron chi connectivity index (χ4n) is 2.91. The zero-order valence-corrected chi connectivity index (χ0v) is 18.9. The van der Waals surface area contributed by atoms with Crippen LogP contribution in [-0.4, -0.2) is 37.2 Å². The van der Waals surface area contributed by atoms with Crippen molar-refractivity contribution < 1.29 is 4.79 Å². The van der Waals surface area contributed by atoms with Crippen LogP contribution < -0.4 is 5.32 Å². The van der Waals surface area contributed by atoms with Gasteiger partial charge in [0.25, 0.3) is 5.91 Å². The summed E-state index contributed by atoms with van der Waals surface area (Å²) in [7, 11) is 0. The molecule has 158 valence electrons. The molecule has 0 aliphatic rings. The van der Waals surface area contributed by atoms with Gasteiger partial charge in [0.15, 0.2) is 11.0 Å². The number of benzene rings is 1. The number of carbonyl (C=O) groups is 1. The number of aromatic nitrogens is 5. The number of nitrogens with one attached hydrogen (secondary N) is 1. The van der Waals surface area contributed by atoms with Crippen LogP contribution in [0.5, 0.6) is 0 Å². The third kappa shape index (κ3) is 5.00. The van der Waals surface area contributed by atoms with E-state index in [1.807, 2.05) is 23.6 Å². The van der Waals surface area contributed by atoms with Crippen molar-refractivity contribution in [2.75, 3.05) is 6.54 Å². The largest absolute Gasteiger partial charge is 0.351 e. The highest BCUT2D eigenvalue weighted by molar-refractivity contribution is 7.98. The summed E-state index contributed by atoms with van der Waals surface area (Å²) in [5.74, 6) is 1.21. The number of hydrogen-bond acceptors (Lipinski definition) is 7. The van der Waals surface area contributed by atoms with Gasteiger partial charge in [-0.2, -0.15) is 0 Å². The summed E-state index contributed by atoms with van der Waals surface area (Å²) >= 11 is 3.02. The van der Waals surface area contributed by atoms with Crippen LogP contribution in [0.25, 0.3) is 17.1 Å². The van der Waals surface area contributed by atoms with Crippen LogP contribution >= 0.6 is 23.1 Å². The first-order valence-electron chi connectivity index (χ1n) is 9.94. The average molecular weight is 451 g/mol. The van der Waals surface area contributed by atoms with Gasteiger partial charge in [-0.15, -0.1) is 21.5 Å². The van der Waals surface area contributed by atoms with Gasteiger partial charge in [0.1, 0.15) is 10.7 Å². The minimum Gasteiger partial charge on any atom is -0.351 e. The maximum absolute atomic E-state index is 12.1. The topological polar surface area (TPSA) is 85.6 Å². The molecule has 31 heavy (non-hydrogen) atoms. The second-order valence-electron chi connectivity index (χ2n) is 6.89. The number of amides is 1. The number of aryl methyl sites for hydroxylation is 1. The highest BCUT2D eigenvalue weighted by atomic mass is 32.2. The molecule has 0 saturated heterocycles. The van der Waals surface area contributed by atoms with Crippen molar-refractivity contribution in [2.45, 2.75) is 31.2 Å². The maximum Gasteiger partial charge on any atom is 0.270 e. The fraction of sp³-hybridized carbons (Fsp3) is 0.227. The van der Waals surface area contributed by atoms with Gasteiger partial charge in [-0.3, -0.25) is 14.3 Å². The molecule has 3 heterocycles. The molecule has 1 N–H and O–H groups in total. The molecule has 4 aromatic rings. The molecule has 4 rings (SSSR count). The molecule has 0 bridgehead atoms. The van der Waals surface area contributed by atoms with Crippen molar-refractivity contribution in [3.05, 3.63) is 70.4 Å². The molecule has 0 aliphatic carbocycles. The lowest BCUT2D eigenvalue weighted by molar-refractivity contribution is 0.0949. The lowest BCUT2D eigenvalue weighted by Gasteiger charge is -2.10. The molecule has 0 saturated carbocycles. The number of thioether (sulfide) groups is 1. The fourth-order valence-corrected chi connectivity index (χ4v) is 4.65. The zero-order valence-electron chi connectivity index (χ0n) is 17.3. The normalized spacial score (nSPS) is 10.9. The third-order valence-electron chi connectivity index (χ3n) is 4.49. The van der Waals surface area contributed by atoms with Crippen molar-refractivity contribution in [3.63, 3.8) is 0 Å². The second-order valence-corrected chi connectivity index (χ2v) is 8.78. The van der Waals surface area contributed by atoms with E-state index in [1.54, 1.807) is 29.5 Å². The van der Waals surface area contributed by atoms with Crippen molar-refractivity contribution >= 4 is 29.0 Å². The van der Waals surface area contributed by atoms with Gasteiger partial charge < -0.3 is 5.32 Å². The summed E-state index contributed by atoms with van der Waals surface area (Å²) in [5.41, 5.74) is 3.53. The predicted molar refractivity (Wildman–Crippen MR) is 124 cm³/mol. The van der Waals surface area contributed by atoms with E-state index in [1.165, 1.54) is 16.9 Å². The highest BCUT2D eigenvalue weighted by Crippen LogP contribution is 2.30. The van der Waals surface area contributed by atoms with Gasteiger partial charge in [-0.25, -0.2) is 4.98 Å². The molecule has 9 heteroatoms. The first-order valence-corrected chi connectivity index (χ1v) is 11.8. The Morgan fingerprint density at radius 1 is 1.19 bits per heavy atom. The Balaban J connectivity index is 1.59. The minimum atomic E-state index is -0.129. The summed E-state index contributed by atoms with van der Waals surface area (Å²) in [6.07, 6.45) is 4.42. The van der Waals surface area contributed by atoms with E-state index in [4.69, 9.17) is 0 Å². The molecule has 1 aromatic carbocycles. The van der Waals surface area contributed by atoms with Crippen molar-refractivity contribution in [1.82, 2.24) is 30.0 Å². The SMILES string of the molecule is CCCNC(=O)c1csc(CSc2nnc(-c3cccnc3)n2-c2ccc(C)cc2)n1. The Morgan fingerprint density at radius 2 is 2.03 bits per heavy atom. The Hall–Kier alpha value is -3.04. The van der Waals surface area contributed by atoms with Gasteiger partial charge in [0.05, 0.1) is 5.75 Å². The van der Waals surface area contributed by atoms with Crippen molar-refractivity contribution in [3.8, 4) is 17.1 Å². The van der Waals surface area contributed by atoms with Gasteiger partial charge in [0.2, 0.25) is 0 Å². The van der Waals surface area contributed by atoms with E-state index in [9.17, 15) is 4.79 Å². The summed E-state index contributed by atoms with van der Waals surface area (Å²) in [6, 6.07) is 12.1. The number of thiazole rings is 1. The standard InChI is InChI=1S/C22H22N6OS2/c1-3-10-24-21(29)18-13-30-19(25-18)14-31-22-27-26-20(16-5-4-11-23-12-16)28(22)17-8-6-15(2)7-9-17/h4-9,11-13H,3,10,14H2,1-2H3,(H,24,29). The van der Waals surface area contributed by atoms with E-state index >= 15 is 0 Å². The van der Waals surface area contributed by atoms with Gasteiger partial charge >= 0.3 is 0 Å². The monoisotopic (exact) mass is 450 g/mol. The van der Waals surface area contributed by atoms with E-state index in [-0.39, 0.29) is 5.91 Å². The number of nitrogens with zero attached hydrogens (tertiary/aromatic N) is 5. The lowest BCUT2D eigenvalue weighted by Crippen LogP contribution is -2.24. The van der Waals surface area contributed by atoms with Crippen LogP contribution in [0.1, 0.15) is 34.4 Å². The van der Waals surface area contributed by atoms with Crippen molar-refractivity contribution in [2.24, 2.45) is 0 Å². The van der Waals surface area contributed by atoms with Crippen LogP contribution in [0.4, 0.5) is 0 Å². The Kier molecular flexibility index (Phi) is 6.73. The lowest BCUT2D eigenvalue weighted by atomic mass is 10.2. The molecule has 7 nitrogen and oxygen atoms in total. The Labute approximate surface area is 189 Å². The molecule has 0 fully saturated rings. The molecule has 0 unspecified atom stereocenters. The Morgan fingerprint density at radius 3 is 2.77 bits per heavy atom. The van der Waals surface area contributed by atoms with E-state index < -0.39 is 0 Å². The molecule has 0 spiro atoms. The zero-order chi connectivity index (χ0) is 21.6. The number of hydrogen-bond donors (Lipinski definition) is 1. The van der Waals surface area contributed by atoms with Crippen LogP contribution in [0.3, 0.4) is 0 Å². The van der Waals surface area contributed by atoms with Gasteiger partial charge in [-0.1, -0.05) is 36.4 Å². The summed E-state index contributed by atoms with van der Waals surface area (Å²) in [4.78, 5) is 20.8. The number of rotatable bonds is 8. The molecule has 0 atom stereocenters. The molecule has 0 radical (unpaired) electrons. The summed E-state index contributed by atoms with van der Waals surface area (Å²) in [6.45, 7) is 4.73. The average Bonchev–Trinajstić information content (AvgIpc) is 3.44. The number of pyridine rings is 1. The second kappa shape index (κ2) is 9.84. The minimum absolute atomic E-state index is 0.129. The maximum atomic E-state index is 12.1. The van der Waals surface area contributed by atoms with Crippen molar-refractivity contribution in [1.29, 1.82) is 0 Å². The van der Waals surface area contributed by atoms with Crippen LogP contribution in [0.15, 0.2) is 59.3 Å². The quantitative estimate of drug-likeness (QED) is 0.397. The van der Waals surface area contributed by atoms with Crippen LogP contribution in [-0.2, 0) is 5.75 Å². The smallest absolute Gasteiger partial charge is 0.270 e. The molecule has 3 aromatic heterocycles. The van der Waals surface area contributed by atoms with Crippen LogP contribution in [0, 0.1) is 6.92 Å². The highest BCUT2D eigenvalue weighted by Gasteiger charge is 2.17. The predicted octanol–water partition coefficient (Wildman–Crippen LogP) is 4.53. The van der Waals surface area contributed by atoms with Gasteiger partial charge in [-0.05, 0) is 37.6 Å².